The van der Waals surface area contributed by atoms with Crippen molar-refractivity contribution in [2.24, 2.45) is 0 Å². The molecule has 0 saturated carbocycles. The van der Waals surface area contributed by atoms with Crippen LogP contribution in [0.25, 0.3) is 0 Å². The number of rotatable bonds is 12. The molecule has 0 heterocycles. The van der Waals surface area contributed by atoms with Gasteiger partial charge in [0.25, 0.3) is 20.0 Å². The van der Waals surface area contributed by atoms with Crippen LogP contribution in [0.15, 0.2) is 168 Å². The number of sulfonamides is 2. The second-order valence-corrected chi connectivity index (χ2v) is 13.8. The lowest BCUT2D eigenvalue weighted by Crippen LogP contribution is -2.13. The number of anilines is 6. The van der Waals surface area contributed by atoms with Crippen LogP contribution in [-0.4, -0.2) is 16.8 Å². The largest absolute Gasteiger partial charge is 0.457 e. The molecular formula is C36H30N4O5S2. The number of para-hydroxylation sites is 2. The number of hydrogen-bond acceptors (Lipinski definition) is 7. The summed E-state index contributed by atoms with van der Waals surface area (Å²) >= 11 is 0. The van der Waals surface area contributed by atoms with Crippen LogP contribution in [0.1, 0.15) is 0 Å². The highest BCUT2D eigenvalue weighted by Crippen LogP contribution is 2.27. The van der Waals surface area contributed by atoms with Crippen molar-refractivity contribution in [3.8, 4) is 11.5 Å². The summed E-state index contributed by atoms with van der Waals surface area (Å²) in [5, 5.41) is 6.51. The van der Waals surface area contributed by atoms with Crippen LogP contribution < -0.4 is 24.8 Å². The molecule has 11 heteroatoms. The van der Waals surface area contributed by atoms with Gasteiger partial charge in [0.15, 0.2) is 0 Å². The Morgan fingerprint density at radius 1 is 0.340 bits per heavy atom. The lowest BCUT2D eigenvalue weighted by atomic mass is 10.2. The predicted octanol–water partition coefficient (Wildman–Crippen LogP) is 8.57. The van der Waals surface area contributed by atoms with Crippen molar-refractivity contribution < 1.29 is 21.6 Å². The monoisotopic (exact) mass is 662 g/mol. The van der Waals surface area contributed by atoms with Crippen LogP contribution in [0, 0.1) is 0 Å². The van der Waals surface area contributed by atoms with Crippen molar-refractivity contribution in [1.29, 1.82) is 0 Å². The molecule has 0 aromatic heterocycles. The second-order valence-electron chi connectivity index (χ2n) is 10.4. The molecule has 6 aromatic carbocycles. The molecule has 0 aliphatic heterocycles. The molecule has 0 bridgehead atoms. The minimum Gasteiger partial charge on any atom is -0.457 e. The van der Waals surface area contributed by atoms with E-state index < -0.39 is 20.0 Å². The first-order valence-electron chi connectivity index (χ1n) is 14.5. The fourth-order valence-electron chi connectivity index (χ4n) is 4.56. The highest BCUT2D eigenvalue weighted by molar-refractivity contribution is 7.93. The Morgan fingerprint density at radius 3 is 0.979 bits per heavy atom. The van der Waals surface area contributed by atoms with E-state index in [-0.39, 0.29) is 9.79 Å². The van der Waals surface area contributed by atoms with Gasteiger partial charge >= 0.3 is 0 Å². The van der Waals surface area contributed by atoms with E-state index in [1.165, 1.54) is 48.5 Å². The highest BCUT2D eigenvalue weighted by Gasteiger charge is 2.16. The van der Waals surface area contributed by atoms with Gasteiger partial charge in [0.2, 0.25) is 0 Å². The van der Waals surface area contributed by atoms with Gasteiger partial charge < -0.3 is 15.4 Å². The maximum Gasteiger partial charge on any atom is 0.261 e. The summed E-state index contributed by atoms with van der Waals surface area (Å²) in [7, 11) is -7.69. The summed E-state index contributed by atoms with van der Waals surface area (Å²) in [6.07, 6.45) is 0. The number of hydrogen-bond donors (Lipinski definition) is 4. The van der Waals surface area contributed by atoms with Crippen LogP contribution in [0.5, 0.6) is 11.5 Å². The quantitative estimate of drug-likeness (QED) is 0.103. The average molecular weight is 663 g/mol. The molecule has 9 nitrogen and oxygen atoms in total. The highest BCUT2D eigenvalue weighted by atomic mass is 32.2. The lowest BCUT2D eigenvalue weighted by molar-refractivity contribution is 0.481. The Labute approximate surface area is 274 Å². The summed E-state index contributed by atoms with van der Waals surface area (Å²) in [5.74, 6) is 0.774. The van der Waals surface area contributed by atoms with Gasteiger partial charge in [-0.25, -0.2) is 16.8 Å². The van der Waals surface area contributed by atoms with Crippen LogP contribution in [0.3, 0.4) is 0 Å². The fourth-order valence-corrected chi connectivity index (χ4v) is 6.67. The van der Waals surface area contributed by atoms with Gasteiger partial charge in [-0.2, -0.15) is 0 Å². The minimum absolute atomic E-state index is 0.0627. The van der Waals surface area contributed by atoms with Crippen molar-refractivity contribution in [1.82, 2.24) is 0 Å². The molecule has 0 radical (unpaired) electrons. The van der Waals surface area contributed by atoms with Crippen molar-refractivity contribution in [3.05, 3.63) is 158 Å². The lowest BCUT2D eigenvalue weighted by Gasteiger charge is -2.12. The molecule has 0 unspecified atom stereocenters. The van der Waals surface area contributed by atoms with Crippen molar-refractivity contribution >= 4 is 54.2 Å². The Kier molecular flexibility index (Phi) is 9.09. The number of ether oxygens (including phenoxy) is 1. The Hall–Kier alpha value is -5.78. The van der Waals surface area contributed by atoms with Crippen molar-refractivity contribution in [3.63, 3.8) is 0 Å². The number of benzene rings is 6. The van der Waals surface area contributed by atoms with E-state index in [9.17, 15) is 16.8 Å². The topological polar surface area (TPSA) is 126 Å². The zero-order valence-electron chi connectivity index (χ0n) is 24.9. The molecule has 0 saturated heterocycles. The first kappa shape index (κ1) is 31.2. The van der Waals surface area contributed by atoms with Crippen LogP contribution in [0.2, 0.25) is 0 Å². The smallest absolute Gasteiger partial charge is 0.261 e. The molecule has 236 valence electrons. The molecule has 0 amide bonds. The van der Waals surface area contributed by atoms with E-state index in [1.54, 1.807) is 48.5 Å². The standard InChI is InChI=1S/C36H30N4O5S2/c41-46(42,39-31-15-11-29(12-16-31)37-27-7-3-1-4-8-27)35-23-19-33(20-24-35)45-34-21-25-36(26-22-34)47(43,44)40-32-17-13-30(14-18-32)38-28-9-5-2-6-10-28/h1-26,37-40H. The summed E-state index contributed by atoms with van der Waals surface area (Å²) < 4.78 is 62.9. The summed E-state index contributed by atoms with van der Waals surface area (Å²) in [4.78, 5) is 0.125. The van der Waals surface area contributed by atoms with Gasteiger partial charge in [-0.15, -0.1) is 0 Å². The van der Waals surface area contributed by atoms with Gasteiger partial charge in [0.05, 0.1) is 9.79 Å². The van der Waals surface area contributed by atoms with Gasteiger partial charge in [0, 0.05) is 34.1 Å². The molecule has 0 spiro atoms. The average Bonchev–Trinajstić information content (AvgIpc) is 3.08. The maximum atomic E-state index is 13.0. The Bertz CT molecular complexity index is 1990. The van der Waals surface area contributed by atoms with E-state index in [1.807, 2.05) is 60.7 Å². The fraction of sp³-hybridized carbons (Fsp3) is 0. The van der Waals surface area contributed by atoms with Crippen molar-refractivity contribution in [2.45, 2.75) is 9.79 Å². The summed E-state index contributed by atoms with van der Waals surface area (Å²) in [5.41, 5.74) is 4.34. The second kappa shape index (κ2) is 13.7. The summed E-state index contributed by atoms with van der Waals surface area (Å²) in [6, 6.07) is 45.1. The molecule has 4 N–H and O–H groups in total. The van der Waals surface area contributed by atoms with Gasteiger partial charge in [-0.3, -0.25) is 9.44 Å². The molecule has 47 heavy (non-hydrogen) atoms. The third-order valence-electron chi connectivity index (χ3n) is 6.90. The van der Waals surface area contributed by atoms with E-state index in [0.29, 0.717) is 22.9 Å². The van der Waals surface area contributed by atoms with E-state index in [4.69, 9.17) is 4.74 Å². The minimum atomic E-state index is -3.84. The SMILES string of the molecule is O=S(=O)(Nc1ccc(Nc2ccccc2)cc1)c1ccc(Oc2ccc(S(=O)(=O)Nc3ccc(Nc4ccccc4)cc3)cc2)cc1. The van der Waals surface area contributed by atoms with Crippen LogP contribution in [0.4, 0.5) is 34.1 Å². The zero-order valence-corrected chi connectivity index (χ0v) is 26.5. The first-order chi connectivity index (χ1) is 22.7. The molecule has 6 aromatic rings. The third-order valence-corrected chi connectivity index (χ3v) is 9.70. The molecule has 0 fully saturated rings. The third kappa shape index (κ3) is 8.28. The molecule has 6 rings (SSSR count). The van der Waals surface area contributed by atoms with E-state index >= 15 is 0 Å². The van der Waals surface area contributed by atoms with Crippen LogP contribution in [-0.2, 0) is 20.0 Å². The predicted molar refractivity (Wildman–Crippen MR) is 187 cm³/mol. The molecule has 0 atom stereocenters. The molecule has 0 aliphatic rings. The normalized spacial score (nSPS) is 11.3. The van der Waals surface area contributed by atoms with Gasteiger partial charge in [-0.1, -0.05) is 36.4 Å². The van der Waals surface area contributed by atoms with Crippen molar-refractivity contribution in [2.75, 3.05) is 20.1 Å². The Balaban J connectivity index is 1.04. The van der Waals surface area contributed by atoms with E-state index in [2.05, 4.69) is 20.1 Å². The summed E-state index contributed by atoms with van der Waals surface area (Å²) in [6.45, 7) is 0. The Morgan fingerprint density at radius 2 is 0.638 bits per heavy atom. The molecule has 0 aliphatic carbocycles. The maximum absolute atomic E-state index is 13.0. The number of nitrogens with one attached hydrogen (secondary N) is 4. The molecular weight excluding hydrogens is 633 g/mol. The van der Waals surface area contributed by atoms with Gasteiger partial charge in [0.1, 0.15) is 11.5 Å². The van der Waals surface area contributed by atoms with E-state index in [0.717, 1.165) is 22.7 Å². The van der Waals surface area contributed by atoms with Gasteiger partial charge in [-0.05, 0) is 121 Å². The van der Waals surface area contributed by atoms with Crippen LogP contribution >= 0.6 is 0 Å². The first-order valence-corrected chi connectivity index (χ1v) is 17.5. The zero-order chi connectivity index (χ0) is 32.7.